The van der Waals surface area contributed by atoms with E-state index < -0.39 is 11.9 Å². The lowest BCUT2D eigenvalue weighted by atomic mass is 10.1. The zero-order valence-electron chi connectivity index (χ0n) is 17.7. The predicted octanol–water partition coefficient (Wildman–Crippen LogP) is 4.18. The molecular formula is C23H20FN3O5S. The van der Waals surface area contributed by atoms with E-state index >= 15 is 0 Å². The number of aliphatic imine (C=N–C) groups is 1. The molecule has 8 nitrogen and oxygen atoms in total. The highest BCUT2D eigenvalue weighted by molar-refractivity contribution is 7.99. The number of halogens is 1. The number of piperazine rings is 1. The number of aryl methyl sites for hydroxylation is 1. The molecule has 0 saturated carbocycles. The highest BCUT2D eigenvalue weighted by atomic mass is 32.2. The zero-order valence-corrected chi connectivity index (χ0v) is 18.6. The van der Waals surface area contributed by atoms with Crippen LogP contribution in [0.3, 0.4) is 0 Å². The van der Waals surface area contributed by atoms with E-state index in [2.05, 4.69) is 4.90 Å². The molecule has 0 atom stereocenters. The summed E-state index contributed by atoms with van der Waals surface area (Å²) >= 11 is 1.56. The highest BCUT2D eigenvalue weighted by Crippen LogP contribution is 2.40. The number of hydrogen-bond acceptors (Lipinski definition) is 8. The van der Waals surface area contributed by atoms with E-state index in [0.717, 1.165) is 21.0 Å². The second-order valence-electron chi connectivity index (χ2n) is 7.61. The van der Waals surface area contributed by atoms with Crippen LogP contribution < -0.4 is 5.82 Å². The maximum Gasteiger partial charge on any atom is 0.519 e. The number of fused-ring (bicyclic) bond motifs is 2. The van der Waals surface area contributed by atoms with Gasteiger partial charge in [-0.1, -0.05) is 23.9 Å². The number of hydrogen-bond donors (Lipinski definition) is 0. The van der Waals surface area contributed by atoms with Crippen LogP contribution in [-0.2, 0) is 11.3 Å². The van der Waals surface area contributed by atoms with Crippen LogP contribution in [0.15, 0.2) is 70.9 Å². The maximum absolute atomic E-state index is 14.1. The van der Waals surface area contributed by atoms with Crippen LogP contribution in [0.4, 0.5) is 14.9 Å². The van der Waals surface area contributed by atoms with Gasteiger partial charge < -0.3 is 23.4 Å². The Kier molecular flexibility index (Phi) is 5.67. The second kappa shape index (κ2) is 8.78. The average Bonchev–Trinajstić information content (AvgIpc) is 3.05. The molecule has 5 rings (SSSR count). The number of amides is 1. The van der Waals surface area contributed by atoms with Crippen molar-refractivity contribution in [1.29, 1.82) is 0 Å². The van der Waals surface area contributed by atoms with Crippen LogP contribution >= 0.6 is 11.8 Å². The van der Waals surface area contributed by atoms with Gasteiger partial charge in [0.2, 0.25) is 0 Å². The molecule has 0 radical (unpaired) electrons. The summed E-state index contributed by atoms with van der Waals surface area (Å²) in [6.07, 6.45) is -0.506. The van der Waals surface area contributed by atoms with Gasteiger partial charge in [-0.05, 0) is 37.3 Å². The monoisotopic (exact) mass is 469 g/mol. The number of ether oxygens (including phenoxy) is 1. The van der Waals surface area contributed by atoms with Gasteiger partial charge >= 0.3 is 11.9 Å². The van der Waals surface area contributed by atoms with E-state index in [1.165, 1.54) is 12.1 Å². The third kappa shape index (κ3) is 4.38. The smallest absolute Gasteiger partial charge is 0.441 e. The minimum absolute atomic E-state index is 0.177. The van der Waals surface area contributed by atoms with Gasteiger partial charge in [0, 0.05) is 41.5 Å². The van der Waals surface area contributed by atoms with Crippen LogP contribution in [0, 0.1) is 12.7 Å². The fraction of sp³-hybridized carbons (Fsp3) is 0.261. The standard InChI is InChI=1S/C23H20FN3O5S/c1-14-18(32-23(29)31-14)13-30-22(28)27-10-8-26(9-11-27)21-16-12-15(24)6-7-19(16)33-20-5-3-2-4-17(20)25-21/h2-7,12H,8-11,13H2,1H3. The Morgan fingerprint density at radius 2 is 1.91 bits per heavy atom. The summed E-state index contributed by atoms with van der Waals surface area (Å²) in [5, 5.41) is 0. The number of carbonyl (C=O) groups excluding carboxylic acids is 1. The van der Waals surface area contributed by atoms with Crippen LogP contribution in [-0.4, -0.2) is 47.9 Å². The van der Waals surface area contributed by atoms with Gasteiger partial charge in [0.05, 0.1) is 5.69 Å². The van der Waals surface area contributed by atoms with E-state index in [-0.39, 0.29) is 23.9 Å². The van der Waals surface area contributed by atoms with Crippen molar-refractivity contribution in [2.24, 2.45) is 4.99 Å². The molecule has 0 aliphatic carbocycles. The third-order valence-corrected chi connectivity index (χ3v) is 6.63. The van der Waals surface area contributed by atoms with Crippen molar-refractivity contribution in [3.05, 3.63) is 76.0 Å². The van der Waals surface area contributed by atoms with Crippen LogP contribution in [0.2, 0.25) is 0 Å². The fourth-order valence-electron chi connectivity index (χ4n) is 3.76. The minimum atomic E-state index is -0.826. The van der Waals surface area contributed by atoms with Gasteiger partial charge in [-0.25, -0.2) is 19.0 Å². The Balaban J connectivity index is 1.31. The van der Waals surface area contributed by atoms with E-state index in [9.17, 15) is 14.0 Å². The van der Waals surface area contributed by atoms with Gasteiger partial charge in [0.25, 0.3) is 0 Å². The van der Waals surface area contributed by atoms with E-state index in [1.807, 2.05) is 24.3 Å². The lowest BCUT2D eigenvalue weighted by Gasteiger charge is -2.36. The van der Waals surface area contributed by atoms with Crippen molar-refractivity contribution in [3.8, 4) is 0 Å². The minimum Gasteiger partial charge on any atom is -0.441 e. The number of benzene rings is 2. The molecule has 170 valence electrons. The summed E-state index contributed by atoms with van der Waals surface area (Å²) in [5.41, 5.74) is 1.56. The molecule has 3 heterocycles. The summed E-state index contributed by atoms with van der Waals surface area (Å²) in [5.74, 6) is 0.0117. The molecule has 33 heavy (non-hydrogen) atoms. The first-order chi connectivity index (χ1) is 16.0. The first kappa shape index (κ1) is 21.3. The van der Waals surface area contributed by atoms with Gasteiger partial charge in [-0.2, -0.15) is 0 Å². The van der Waals surface area contributed by atoms with Crippen molar-refractivity contribution >= 4 is 29.4 Å². The third-order valence-electron chi connectivity index (χ3n) is 5.49. The Hall–Kier alpha value is -3.53. The van der Waals surface area contributed by atoms with Gasteiger partial charge in [-0.3, -0.25) is 0 Å². The molecule has 1 amide bonds. The summed E-state index contributed by atoms with van der Waals surface area (Å²) in [4.78, 5) is 34.1. The van der Waals surface area contributed by atoms with Crippen molar-refractivity contribution in [2.45, 2.75) is 23.3 Å². The lowest BCUT2D eigenvalue weighted by molar-refractivity contribution is 0.0768. The van der Waals surface area contributed by atoms with E-state index in [0.29, 0.717) is 32.0 Å². The number of rotatable bonds is 2. The van der Waals surface area contributed by atoms with Gasteiger partial charge in [-0.15, -0.1) is 0 Å². The van der Waals surface area contributed by atoms with Crippen molar-refractivity contribution in [1.82, 2.24) is 9.80 Å². The normalized spacial score (nSPS) is 15.4. The van der Waals surface area contributed by atoms with Crippen LogP contribution in [0.25, 0.3) is 0 Å². The fourth-order valence-corrected chi connectivity index (χ4v) is 4.76. The Labute approximate surface area is 192 Å². The molecule has 10 heteroatoms. The first-order valence-electron chi connectivity index (χ1n) is 10.4. The molecule has 0 spiro atoms. The SMILES string of the molecule is Cc1oc(=O)oc1COC(=O)N1CCN(C2=Nc3ccccc3Sc3ccc(F)cc32)CC1. The highest BCUT2D eigenvalue weighted by Gasteiger charge is 2.28. The molecule has 0 N–H and O–H groups in total. The van der Waals surface area contributed by atoms with Gasteiger partial charge in [0.15, 0.2) is 18.1 Å². The maximum atomic E-state index is 14.1. The average molecular weight is 469 g/mol. The first-order valence-corrected chi connectivity index (χ1v) is 11.2. The molecule has 1 aromatic heterocycles. The Bertz CT molecular complexity index is 1290. The van der Waals surface area contributed by atoms with Crippen LogP contribution in [0.1, 0.15) is 17.1 Å². The topological polar surface area (TPSA) is 88.5 Å². The van der Waals surface area contributed by atoms with Gasteiger partial charge in [0.1, 0.15) is 11.7 Å². The summed E-state index contributed by atoms with van der Waals surface area (Å²) in [7, 11) is 0. The number of carbonyl (C=O) groups is 1. The molecule has 0 unspecified atom stereocenters. The van der Waals surface area contributed by atoms with Crippen molar-refractivity contribution < 1.29 is 22.8 Å². The predicted molar refractivity (Wildman–Crippen MR) is 118 cm³/mol. The molecule has 2 aliphatic rings. The van der Waals surface area contributed by atoms with Crippen molar-refractivity contribution in [2.75, 3.05) is 26.2 Å². The second-order valence-corrected chi connectivity index (χ2v) is 8.69. The molecule has 3 aromatic rings. The van der Waals surface area contributed by atoms with Crippen LogP contribution in [0.5, 0.6) is 0 Å². The summed E-state index contributed by atoms with van der Waals surface area (Å²) in [6, 6.07) is 12.6. The Morgan fingerprint density at radius 1 is 1.12 bits per heavy atom. The largest absolute Gasteiger partial charge is 0.519 e. The van der Waals surface area contributed by atoms with E-state index in [1.54, 1.807) is 29.7 Å². The zero-order chi connectivity index (χ0) is 22.9. The molecule has 2 aromatic carbocycles. The molecule has 0 bridgehead atoms. The number of amidine groups is 1. The Morgan fingerprint density at radius 3 is 2.67 bits per heavy atom. The van der Waals surface area contributed by atoms with Crippen molar-refractivity contribution in [3.63, 3.8) is 0 Å². The molecular weight excluding hydrogens is 449 g/mol. The number of para-hydroxylation sites is 1. The molecule has 1 fully saturated rings. The molecule has 1 saturated heterocycles. The summed E-state index contributed by atoms with van der Waals surface area (Å²) < 4.78 is 29.0. The lowest BCUT2D eigenvalue weighted by Crippen LogP contribution is -2.51. The number of nitrogens with zero attached hydrogens (tertiary/aromatic N) is 3. The summed E-state index contributed by atoms with van der Waals surface area (Å²) in [6.45, 7) is 3.23. The van der Waals surface area contributed by atoms with E-state index in [4.69, 9.17) is 18.6 Å². The quantitative estimate of drug-likeness (QED) is 0.556. The molecule has 2 aliphatic heterocycles.